The van der Waals surface area contributed by atoms with Gasteiger partial charge in [-0.25, -0.2) is 0 Å². The Hall–Kier alpha value is 1.05. The molecule has 20 heavy (non-hydrogen) atoms. The summed E-state index contributed by atoms with van der Waals surface area (Å²) in [5.74, 6) is 1.75. The summed E-state index contributed by atoms with van der Waals surface area (Å²) in [5.41, 5.74) is 0.828. The zero-order valence-electron chi connectivity index (χ0n) is 12.3. The van der Waals surface area contributed by atoms with Gasteiger partial charge in [-0.3, -0.25) is 0 Å². The third-order valence-corrected chi connectivity index (χ3v) is 8.23. The molecule has 0 saturated carbocycles. The van der Waals surface area contributed by atoms with Crippen molar-refractivity contribution in [1.29, 1.82) is 0 Å². The minimum absolute atomic E-state index is 0.115. The van der Waals surface area contributed by atoms with Crippen molar-refractivity contribution in [3.8, 4) is 0 Å². The zero-order valence-corrected chi connectivity index (χ0v) is 16.1. The van der Waals surface area contributed by atoms with Gasteiger partial charge >= 0.3 is 0 Å². The summed E-state index contributed by atoms with van der Waals surface area (Å²) in [6.07, 6.45) is 1.70. The molecular weight excluding hydrogens is 407 g/mol. The van der Waals surface area contributed by atoms with Gasteiger partial charge in [-0.2, -0.15) is 0 Å². The van der Waals surface area contributed by atoms with Gasteiger partial charge in [0.25, 0.3) is 0 Å². The van der Waals surface area contributed by atoms with Crippen molar-refractivity contribution in [2.45, 2.75) is 53.2 Å². The Morgan fingerprint density at radius 2 is 2.00 bits per heavy atom. The number of rotatable bonds is 4. The van der Waals surface area contributed by atoms with E-state index in [1.54, 1.807) is 0 Å². The molecular formula is C14H23IO3S2. The zero-order chi connectivity index (χ0) is 15.0. The van der Waals surface area contributed by atoms with E-state index in [0.717, 1.165) is 12.0 Å². The number of halogens is 1. The smallest absolute Gasteiger partial charge is 0.165 e. The number of hydrogen-bond donors (Lipinski definition) is 1. The maximum atomic E-state index is 10.8. The van der Waals surface area contributed by atoms with E-state index in [1.807, 2.05) is 37.4 Å². The molecule has 0 unspecified atom stereocenters. The fourth-order valence-electron chi connectivity index (χ4n) is 2.39. The van der Waals surface area contributed by atoms with Crippen molar-refractivity contribution in [2.75, 3.05) is 18.1 Å². The second kappa shape index (κ2) is 6.28. The van der Waals surface area contributed by atoms with Gasteiger partial charge in [-0.05, 0) is 73.3 Å². The van der Waals surface area contributed by atoms with Crippen molar-refractivity contribution < 1.29 is 14.6 Å². The molecule has 2 aliphatic rings. The molecule has 0 aromatic rings. The van der Waals surface area contributed by atoms with Crippen LogP contribution in [0.3, 0.4) is 0 Å². The van der Waals surface area contributed by atoms with Crippen LogP contribution in [0, 0.1) is 0 Å². The van der Waals surface area contributed by atoms with Gasteiger partial charge in [-0.1, -0.05) is 6.58 Å². The molecule has 1 N–H and O–H groups in total. The standard InChI is InChI=1S/C14H23IO3S2/c1-10(8-13(4)19-6-5-7-20-13)14(15,16)11-9-17-12(2,3)18-11/h11,16H,1,5-9H2,2-4H3/t11-,14-/m1/s1. The van der Waals surface area contributed by atoms with Crippen LogP contribution in [0.25, 0.3) is 0 Å². The molecule has 2 heterocycles. The quantitative estimate of drug-likeness (QED) is 0.418. The third-order valence-electron chi connectivity index (χ3n) is 3.57. The van der Waals surface area contributed by atoms with Crippen LogP contribution in [-0.2, 0) is 9.47 Å². The van der Waals surface area contributed by atoms with E-state index in [2.05, 4.69) is 36.1 Å². The molecule has 2 atom stereocenters. The summed E-state index contributed by atoms with van der Waals surface area (Å²) in [6.45, 7) is 10.5. The van der Waals surface area contributed by atoms with Crippen LogP contribution < -0.4 is 0 Å². The first-order chi connectivity index (χ1) is 9.15. The SMILES string of the molecule is C=C(CC1(C)SCCCS1)[C@](O)(I)[C@H]1COC(C)(C)O1. The minimum Gasteiger partial charge on any atom is -0.373 e. The highest BCUT2D eigenvalue weighted by Crippen LogP contribution is 2.49. The lowest BCUT2D eigenvalue weighted by molar-refractivity contribution is -0.149. The molecule has 0 aliphatic carbocycles. The molecule has 0 radical (unpaired) electrons. The average Bonchev–Trinajstić information content (AvgIpc) is 2.70. The fraction of sp³-hybridized carbons (Fsp3) is 0.857. The largest absolute Gasteiger partial charge is 0.373 e. The topological polar surface area (TPSA) is 38.7 Å². The van der Waals surface area contributed by atoms with Gasteiger partial charge in [-0.15, -0.1) is 23.5 Å². The van der Waals surface area contributed by atoms with Gasteiger partial charge in [0.2, 0.25) is 0 Å². The normalized spacial score (nSPS) is 31.8. The lowest BCUT2D eigenvalue weighted by Crippen LogP contribution is -2.42. The Bertz CT molecular complexity index is 379. The molecule has 0 amide bonds. The highest BCUT2D eigenvalue weighted by atomic mass is 127. The Labute approximate surface area is 143 Å². The van der Waals surface area contributed by atoms with E-state index < -0.39 is 9.39 Å². The predicted molar refractivity (Wildman–Crippen MR) is 95.6 cm³/mol. The van der Waals surface area contributed by atoms with Crippen molar-refractivity contribution in [1.82, 2.24) is 0 Å². The summed E-state index contributed by atoms with van der Waals surface area (Å²) < 4.78 is 10.4. The summed E-state index contributed by atoms with van der Waals surface area (Å²) in [6, 6.07) is 0. The molecule has 0 aromatic carbocycles. The van der Waals surface area contributed by atoms with Crippen molar-refractivity contribution in [3.05, 3.63) is 12.2 Å². The molecule has 0 bridgehead atoms. The lowest BCUT2D eigenvalue weighted by Gasteiger charge is -2.37. The molecule has 2 rings (SSSR count). The van der Waals surface area contributed by atoms with Gasteiger partial charge in [0.1, 0.15) is 6.10 Å². The van der Waals surface area contributed by atoms with E-state index in [0.29, 0.717) is 6.61 Å². The van der Waals surface area contributed by atoms with Crippen LogP contribution in [0.4, 0.5) is 0 Å². The molecule has 2 saturated heterocycles. The van der Waals surface area contributed by atoms with Gasteiger partial charge in [0.15, 0.2) is 9.39 Å². The minimum atomic E-state index is -1.08. The lowest BCUT2D eigenvalue weighted by atomic mass is 10.0. The first-order valence-electron chi connectivity index (χ1n) is 6.84. The van der Waals surface area contributed by atoms with E-state index in [-0.39, 0.29) is 10.2 Å². The monoisotopic (exact) mass is 430 g/mol. The van der Waals surface area contributed by atoms with Crippen molar-refractivity contribution in [3.63, 3.8) is 0 Å². The van der Waals surface area contributed by atoms with Crippen LogP contribution in [0.15, 0.2) is 12.2 Å². The summed E-state index contributed by atoms with van der Waals surface area (Å²) >= 11 is 5.99. The van der Waals surface area contributed by atoms with Crippen LogP contribution >= 0.6 is 46.1 Å². The average molecular weight is 430 g/mol. The summed E-state index contributed by atoms with van der Waals surface area (Å²) in [7, 11) is 0. The van der Waals surface area contributed by atoms with Crippen molar-refractivity contribution >= 4 is 46.1 Å². The molecule has 2 fully saturated rings. The maximum absolute atomic E-state index is 10.8. The molecule has 2 aliphatic heterocycles. The summed E-state index contributed by atoms with van der Waals surface area (Å²) in [5, 5.41) is 10.8. The second-order valence-corrected chi connectivity index (χ2v) is 11.1. The predicted octanol–water partition coefficient (Wildman–Crippen LogP) is 3.79. The van der Waals surface area contributed by atoms with E-state index in [1.165, 1.54) is 17.9 Å². The van der Waals surface area contributed by atoms with Gasteiger partial charge in [0.05, 0.1) is 10.7 Å². The number of hydrogen-bond acceptors (Lipinski definition) is 5. The third kappa shape index (κ3) is 4.07. The molecule has 116 valence electrons. The van der Waals surface area contributed by atoms with Gasteiger partial charge < -0.3 is 14.6 Å². The van der Waals surface area contributed by atoms with E-state index in [9.17, 15) is 5.11 Å². The molecule has 0 aromatic heterocycles. The molecule has 3 nitrogen and oxygen atoms in total. The second-order valence-electron chi connectivity index (χ2n) is 5.96. The van der Waals surface area contributed by atoms with Crippen molar-refractivity contribution in [2.24, 2.45) is 0 Å². The Balaban J connectivity index is 2.00. The first kappa shape index (κ1) is 17.4. The number of alkyl halides is 1. The molecule has 0 spiro atoms. The maximum Gasteiger partial charge on any atom is 0.165 e. The Morgan fingerprint density at radius 3 is 2.50 bits per heavy atom. The number of aliphatic hydroxyl groups is 1. The van der Waals surface area contributed by atoms with E-state index in [4.69, 9.17) is 9.47 Å². The van der Waals surface area contributed by atoms with Crippen LogP contribution in [0.2, 0.25) is 0 Å². The number of thioether (sulfide) groups is 2. The fourth-order valence-corrected chi connectivity index (χ4v) is 5.90. The number of ether oxygens (including phenoxy) is 2. The van der Waals surface area contributed by atoms with Gasteiger partial charge in [0, 0.05) is 0 Å². The Kier molecular flexibility index (Phi) is 5.46. The van der Waals surface area contributed by atoms with Crippen LogP contribution in [0.5, 0.6) is 0 Å². The highest BCUT2D eigenvalue weighted by Gasteiger charge is 2.47. The van der Waals surface area contributed by atoms with E-state index >= 15 is 0 Å². The van der Waals surface area contributed by atoms with Crippen LogP contribution in [-0.4, -0.2) is 42.8 Å². The van der Waals surface area contributed by atoms with Crippen LogP contribution in [0.1, 0.15) is 33.6 Å². The Morgan fingerprint density at radius 1 is 1.40 bits per heavy atom. The summed E-state index contributed by atoms with van der Waals surface area (Å²) in [4.78, 5) is 0. The molecule has 6 heteroatoms. The highest BCUT2D eigenvalue weighted by molar-refractivity contribution is 14.1. The first-order valence-corrected chi connectivity index (χ1v) is 9.89.